The van der Waals surface area contributed by atoms with Crippen LogP contribution in [0.1, 0.15) is 28.2 Å². The summed E-state index contributed by atoms with van der Waals surface area (Å²) >= 11 is 5.05. The van der Waals surface area contributed by atoms with Gasteiger partial charge in [-0.1, -0.05) is 30.3 Å². The van der Waals surface area contributed by atoms with Crippen molar-refractivity contribution in [1.29, 1.82) is 0 Å². The highest BCUT2D eigenvalue weighted by Crippen LogP contribution is 2.31. The van der Waals surface area contributed by atoms with E-state index in [1.54, 1.807) is 6.92 Å². The second kappa shape index (κ2) is 6.40. The fourth-order valence-electron chi connectivity index (χ4n) is 2.53. The summed E-state index contributed by atoms with van der Waals surface area (Å²) in [4.78, 5) is 20.5. The number of alkyl halides is 3. The van der Waals surface area contributed by atoms with Crippen molar-refractivity contribution < 1.29 is 8.78 Å². The summed E-state index contributed by atoms with van der Waals surface area (Å²) in [6.45, 7) is 3.27. The highest BCUT2D eigenvalue weighted by Gasteiger charge is 2.31. The van der Waals surface area contributed by atoms with Crippen molar-refractivity contribution in [3.8, 4) is 5.95 Å². The molecule has 0 spiro atoms. The van der Waals surface area contributed by atoms with Crippen molar-refractivity contribution in [2.45, 2.75) is 25.7 Å². The van der Waals surface area contributed by atoms with Crippen LogP contribution in [-0.4, -0.2) is 19.7 Å². The second-order valence-electron chi connectivity index (χ2n) is 5.71. The number of hydrogen-bond donors (Lipinski definition) is 1. The van der Waals surface area contributed by atoms with Crippen LogP contribution in [0.15, 0.2) is 41.2 Å². The Morgan fingerprint density at radius 1 is 1.20 bits per heavy atom. The van der Waals surface area contributed by atoms with E-state index < -0.39 is 11.1 Å². The van der Waals surface area contributed by atoms with Crippen LogP contribution < -0.4 is 5.56 Å². The molecule has 1 aromatic carbocycles. The molecule has 2 aromatic heterocycles. The second-order valence-corrected chi connectivity index (χ2v) is 6.19. The lowest BCUT2D eigenvalue weighted by Gasteiger charge is -2.09. The molecule has 0 radical (unpaired) electrons. The summed E-state index contributed by atoms with van der Waals surface area (Å²) in [6, 6.07) is 10.6. The van der Waals surface area contributed by atoms with Crippen molar-refractivity contribution in [3.63, 3.8) is 0 Å². The Morgan fingerprint density at radius 2 is 1.88 bits per heavy atom. The number of benzene rings is 1. The van der Waals surface area contributed by atoms with Gasteiger partial charge >= 0.3 is 5.38 Å². The third-order valence-corrected chi connectivity index (χ3v) is 3.94. The van der Waals surface area contributed by atoms with Gasteiger partial charge in [-0.25, -0.2) is 9.97 Å². The summed E-state index contributed by atoms with van der Waals surface area (Å²) < 4.78 is 27.8. The average Bonchev–Trinajstić information content (AvgIpc) is 2.83. The SMILES string of the molecule is Cc1cc(C(F)(F)Cl)nc(-n2[nH]c(C)c(Cc3ccccc3)c2=O)n1. The van der Waals surface area contributed by atoms with Gasteiger partial charge in [0.2, 0.25) is 0 Å². The number of aryl methyl sites for hydroxylation is 2. The Hall–Kier alpha value is -2.54. The third-order valence-electron chi connectivity index (χ3n) is 3.75. The maximum atomic E-state index is 13.4. The standard InChI is InChI=1S/C17H15ClF2N4O/c1-10-8-14(17(18,19)20)22-16(21-10)24-15(25)13(11(2)23-24)9-12-6-4-3-5-7-12/h3-8,23H,9H2,1-2H3. The van der Waals surface area contributed by atoms with Gasteiger partial charge in [0.15, 0.2) is 0 Å². The zero-order valence-electron chi connectivity index (χ0n) is 13.6. The van der Waals surface area contributed by atoms with E-state index in [1.165, 1.54) is 6.92 Å². The van der Waals surface area contributed by atoms with Gasteiger partial charge in [-0.2, -0.15) is 13.5 Å². The zero-order valence-corrected chi connectivity index (χ0v) is 14.3. The third kappa shape index (κ3) is 3.61. The number of nitrogens with one attached hydrogen (secondary N) is 1. The molecule has 1 N–H and O–H groups in total. The lowest BCUT2D eigenvalue weighted by atomic mass is 10.1. The van der Waals surface area contributed by atoms with Crippen LogP contribution in [0.5, 0.6) is 0 Å². The minimum Gasteiger partial charge on any atom is -0.292 e. The smallest absolute Gasteiger partial charge is 0.292 e. The van der Waals surface area contributed by atoms with Gasteiger partial charge in [-0.15, -0.1) is 0 Å². The Labute approximate surface area is 147 Å². The summed E-state index contributed by atoms with van der Waals surface area (Å²) in [7, 11) is 0. The number of aromatic amines is 1. The molecule has 0 unspecified atom stereocenters. The highest BCUT2D eigenvalue weighted by atomic mass is 35.5. The van der Waals surface area contributed by atoms with E-state index in [-0.39, 0.29) is 17.2 Å². The van der Waals surface area contributed by atoms with Gasteiger partial charge in [0, 0.05) is 23.4 Å². The summed E-state index contributed by atoms with van der Waals surface area (Å²) in [5.74, 6) is -0.164. The van der Waals surface area contributed by atoms with E-state index >= 15 is 0 Å². The maximum Gasteiger partial charge on any atom is 0.364 e. The molecule has 0 bridgehead atoms. The molecule has 0 amide bonds. The first-order valence-corrected chi connectivity index (χ1v) is 7.91. The highest BCUT2D eigenvalue weighted by molar-refractivity contribution is 6.21. The molecule has 0 fully saturated rings. The fourth-order valence-corrected chi connectivity index (χ4v) is 2.63. The number of H-pyrrole nitrogens is 1. The molecule has 25 heavy (non-hydrogen) atoms. The van der Waals surface area contributed by atoms with Crippen LogP contribution in [-0.2, 0) is 11.8 Å². The summed E-state index contributed by atoms with van der Waals surface area (Å²) in [6.07, 6.45) is 0.416. The Bertz CT molecular complexity index is 961. The lowest BCUT2D eigenvalue weighted by Crippen LogP contribution is -2.22. The van der Waals surface area contributed by atoms with Crippen LogP contribution in [0.2, 0.25) is 0 Å². The van der Waals surface area contributed by atoms with Crippen molar-refractivity contribution >= 4 is 11.6 Å². The van der Waals surface area contributed by atoms with Crippen LogP contribution >= 0.6 is 11.6 Å². The first kappa shape index (κ1) is 17.3. The maximum absolute atomic E-state index is 13.4. The number of halogens is 3. The van der Waals surface area contributed by atoms with E-state index in [0.29, 0.717) is 17.7 Å². The first-order valence-electron chi connectivity index (χ1n) is 7.53. The molecule has 8 heteroatoms. The largest absolute Gasteiger partial charge is 0.364 e. The minimum atomic E-state index is -3.64. The molecule has 5 nitrogen and oxygen atoms in total. The quantitative estimate of drug-likeness (QED) is 0.721. The first-order chi connectivity index (χ1) is 11.8. The summed E-state index contributed by atoms with van der Waals surface area (Å²) in [5, 5.41) is -0.792. The Morgan fingerprint density at radius 3 is 2.52 bits per heavy atom. The average molecular weight is 365 g/mol. The molecule has 0 aliphatic heterocycles. The number of nitrogens with zero attached hydrogens (tertiary/aromatic N) is 3. The molecule has 0 saturated carbocycles. The van der Waals surface area contributed by atoms with Gasteiger partial charge in [0.1, 0.15) is 5.69 Å². The molecule has 2 heterocycles. The van der Waals surface area contributed by atoms with E-state index in [0.717, 1.165) is 16.3 Å². The number of hydrogen-bond acceptors (Lipinski definition) is 3. The predicted molar refractivity (Wildman–Crippen MR) is 90.4 cm³/mol. The topological polar surface area (TPSA) is 63.6 Å². The van der Waals surface area contributed by atoms with Crippen LogP contribution in [0, 0.1) is 13.8 Å². The van der Waals surface area contributed by atoms with E-state index in [2.05, 4.69) is 15.1 Å². The van der Waals surface area contributed by atoms with Crippen molar-refractivity contribution in [2.24, 2.45) is 0 Å². The van der Waals surface area contributed by atoms with Crippen LogP contribution in [0.3, 0.4) is 0 Å². The van der Waals surface area contributed by atoms with Gasteiger partial charge in [0.25, 0.3) is 11.5 Å². The lowest BCUT2D eigenvalue weighted by molar-refractivity contribution is 0.0896. The fraction of sp³-hybridized carbons (Fsp3) is 0.235. The Balaban J connectivity index is 2.07. The predicted octanol–water partition coefficient (Wildman–Crippen LogP) is 3.45. The van der Waals surface area contributed by atoms with Gasteiger partial charge in [-0.3, -0.25) is 9.89 Å². The van der Waals surface area contributed by atoms with Crippen molar-refractivity contribution in [3.05, 3.63) is 75.0 Å². The Kier molecular flexibility index (Phi) is 4.43. The monoisotopic (exact) mass is 364 g/mol. The van der Waals surface area contributed by atoms with Gasteiger partial charge in [0.05, 0.1) is 0 Å². The molecule has 0 aliphatic carbocycles. The molecule has 0 atom stereocenters. The van der Waals surface area contributed by atoms with E-state index in [1.807, 2.05) is 30.3 Å². The van der Waals surface area contributed by atoms with Gasteiger partial charge < -0.3 is 0 Å². The van der Waals surface area contributed by atoms with E-state index in [4.69, 9.17) is 11.6 Å². The molecule has 130 valence electrons. The van der Waals surface area contributed by atoms with Crippen molar-refractivity contribution in [1.82, 2.24) is 19.7 Å². The molecule has 3 aromatic rings. The molecule has 0 aliphatic rings. The zero-order chi connectivity index (χ0) is 18.2. The minimum absolute atomic E-state index is 0.164. The molecular weight excluding hydrogens is 350 g/mol. The molecular formula is C17H15ClF2N4O. The van der Waals surface area contributed by atoms with E-state index in [9.17, 15) is 13.6 Å². The number of aromatic nitrogens is 4. The molecule has 0 saturated heterocycles. The van der Waals surface area contributed by atoms with Crippen LogP contribution in [0.4, 0.5) is 8.78 Å². The van der Waals surface area contributed by atoms with Crippen molar-refractivity contribution in [2.75, 3.05) is 0 Å². The van der Waals surface area contributed by atoms with Crippen LogP contribution in [0.25, 0.3) is 5.95 Å². The van der Waals surface area contributed by atoms with Gasteiger partial charge in [-0.05, 0) is 37.1 Å². The normalized spacial score (nSPS) is 11.7. The number of rotatable bonds is 4. The molecule has 3 rings (SSSR count). The summed E-state index contributed by atoms with van der Waals surface area (Å²) in [5.41, 5.74) is 1.36.